The third-order valence-corrected chi connectivity index (χ3v) is 4.28. The standard InChI is InChI=1S/C17H28N4O/c1-3-4-11-21(2)17-18-12-14(13-19-17)16(22)20-15-9-7-5-6-8-10-15/h12-13,15H,3-11H2,1-2H3,(H,20,22). The summed E-state index contributed by atoms with van der Waals surface area (Å²) in [5, 5.41) is 3.13. The Morgan fingerprint density at radius 3 is 2.45 bits per heavy atom. The van der Waals surface area contributed by atoms with Gasteiger partial charge < -0.3 is 10.2 Å². The Labute approximate surface area is 133 Å². The first-order valence-corrected chi connectivity index (χ1v) is 8.54. The van der Waals surface area contributed by atoms with Crippen LogP contribution >= 0.6 is 0 Å². The molecular formula is C17H28N4O. The average Bonchev–Trinajstić information content (AvgIpc) is 2.81. The van der Waals surface area contributed by atoms with Crippen molar-refractivity contribution >= 4 is 11.9 Å². The highest BCUT2D eigenvalue weighted by Crippen LogP contribution is 2.17. The van der Waals surface area contributed by atoms with Gasteiger partial charge in [0.25, 0.3) is 5.91 Å². The van der Waals surface area contributed by atoms with Crippen LogP contribution in [-0.2, 0) is 0 Å². The van der Waals surface area contributed by atoms with Gasteiger partial charge in [0.15, 0.2) is 0 Å². The van der Waals surface area contributed by atoms with Gasteiger partial charge in [-0.1, -0.05) is 39.0 Å². The van der Waals surface area contributed by atoms with Gasteiger partial charge >= 0.3 is 0 Å². The first kappa shape index (κ1) is 16.7. The third kappa shape index (κ3) is 4.97. The largest absolute Gasteiger partial charge is 0.349 e. The monoisotopic (exact) mass is 304 g/mol. The van der Waals surface area contributed by atoms with E-state index in [0.29, 0.717) is 17.6 Å². The van der Waals surface area contributed by atoms with Crippen LogP contribution in [0.2, 0.25) is 0 Å². The minimum absolute atomic E-state index is 0.0466. The molecule has 0 aromatic carbocycles. The Hall–Kier alpha value is -1.65. The summed E-state index contributed by atoms with van der Waals surface area (Å²) in [5.41, 5.74) is 0.553. The van der Waals surface area contributed by atoms with Crippen molar-refractivity contribution in [3.8, 4) is 0 Å². The fraction of sp³-hybridized carbons (Fsp3) is 0.706. The molecule has 0 saturated heterocycles. The summed E-state index contributed by atoms with van der Waals surface area (Å²) >= 11 is 0. The summed E-state index contributed by atoms with van der Waals surface area (Å²) in [5.74, 6) is 0.633. The van der Waals surface area contributed by atoms with Crippen molar-refractivity contribution in [2.45, 2.75) is 64.3 Å². The van der Waals surface area contributed by atoms with E-state index in [9.17, 15) is 4.79 Å². The molecule has 122 valence electrons. The molecule has 0 radical (unpaired) electrons. The fourth-order valence-electron chi connectivity index (χ4n) is 2.82. The second kappa shape index (κ2) is 8.71. The van der Waals surface area contributed by atoms with E-state index in [1.165, 1.54) is 25.7 Å². The number of aromatic nitrogens is 2. The van der Waals surface area contributed by atoms with Crippen LogP contribution in [0.4, 0.5) is 5.95 Å². The van der Waals surface area contributed by atoms with Gasteiger partial charge in [-0.3, -0.25) is 4.79 Å². The van der Waals surface area contributed by atoms with Crippen molar-refractivity contribution in [3.05, 3.63) is 18.0 Å². The van der Waals surface area contributed by atoms with Gasteiger partial charge in [-0.25, -0.2) is 9.97 Å². The molecule has 0 spiro atoms. The quantitative estimate of drug-likeness (QED) is 0.820. The zero-order chi connectivity index (χ0) is 15.8. The summed E-state index contributed by atoms with van der Waals surface area (Å²) in [4.78, 5) is 22.9. The number of nitrogens with one attached hydrogen (secondary N) is 1. The smallest absolute Gasteiger partial charge is 0.254 e. The molecule has 0 atom stereocenters. The second-order valence-corrected chi connectivity index (χ2v) is 6.21. The van der Waals surface area contributed by atoms with Crippen LogP contribution in [-0.4, -0.2) is 35.5 Å². The van der Waals surface area contributed by atoms with E-state index in [1.807, 2.05) is 11.9 Å². The number of hydrogen-bond donors (Lipinski definition) is 1. The molecule has 1 amide bonds. The van der Waals surface area contributed by atoms with E-state index in [-0.39, 0.29) is 5.91 Å². The number of rotatable bonds is 6. The average molecular weight is 304 g/mol. The van der Waals surface area contributed by atoms with Gasteiger partial charge in [0.1, 0.15) is 0 Å². The minimum atomic E-state index is -0.0466. The Kier molecular flexibility index (Phi) is 6.62. The van der Waals surface area contributed by atoms with Crippen molar-refractivity contribution in [1.82, 2.24) is 15.3 Å². The number of unbranched alkanes of at least 4 members (excludes halogenated alkanes) is 1. The molecule has 5 heteroatoms. The van der Waals surface area contributed by atoms with Gasteiger partial charge in [-0.15, -0.1) is 0 Å². The minimum Gasteiger partial charge on any atom is -0.349 e. The number of nitrogens with zero attached hydrogens (tertiary/aromatic N) is 3. The molecule has 2 rings (SSSR count). The first-order chi connectivity index (χ1) is 10.7. The molecule has 5 nitrogen and oxygen atoms in total. The highest BCUT2D eigenvalue weighted by atomic mass is 16.1. The van der Waals surface area contributed by atoms with E-state index in [2.05, 4.69) is 22.2 Å². The summed E-state index contributed by atoms with van der Waals surface area (Å²) in [6.07, 6.45) is 12.7. The molecule has 1 aromatic rings. The van der Waals surface area contributed by atoms with Crippen molar-refractivity contribution in [3.63, 3.8) is 0 Å². The molecule has 1 saturated carbocycles. The summed E-state index contributed by atoms with van der Waals surface area (Å²) < 4.78 is 0. The maximum absolute atomic E-state index is 12.3. The lowest BCUT2D eigenvalue weighted by Gasteiger charge is -2.18. The zero-order valence-electron chi connectivity index (χ0n) is 13.8. The maximum Gasteiger partial charge on any atom is 0.254 e. The van der Waals surface area contributed by atoms with Gasteiger partial charge in [0.2, 0.25) is 5.95 Å². The van der Waals surface area contributed by atoms with E-state index in [0.717, 1.165) is 32.2 Å². The number of anilines is 1. The van der Waals surface area contributed by atoms with Gasteiger partial charge in [0, 0.05) is 32.0 Å². The molecule has 22 heavy (non-hydrogen) atoms. The lowest BCUT2D eigenvalue weighted by molar-refractivity contribution is 0.0932. The molecule has 0 unspecified atom stereocenters. The Balaban J connectivity index is 1.90. The third-order valence-electron chi connectivity index (χ3n) is 4.28. The second-order valence-electron chi connectivity index (χ2n) is 6.21. The van der Waals surface area contributed by atoms with Crippen molar-refractivity contribution < 1.29 is 4.79 Å². The molecule has 1 heterocycles. The summed E-state index contributed by atoms with van der Waals surface area (Å²) in [7, 11) is 1.98. The Morgan fingerprint density at radius 1 is 1.23 bits per heavy atom. The normalized spacial score (nSPS) is 16.1. The Bertz CT molecular complexity index is 452. The van der Waals surface area contributed by atoms with Gasteiger partial charge in [-0.05, 0) is 19.3 Å². The highest BCUT2D eigenvalue weighted by Gasteiger charge is 2.16. The number of carbonyl (C=O) groups excluding carboxylic acids is 1. The van der Waals surface area contributed by atoms with E-state index >= 15 is 0 Å². The van der Waals surface area contributed by atoms with E-state index in [1.54, 1.807) is 12.4 Å². The van der Waals surface area contributed by atoms with Crippen LogP contribution in [0, 0.1) is 0 Å². The van der Waals surface area contributed by atoms with Crippen molar-refractivity contribution in [1.29, 1.82) is 0 Å². The van der Waals surface area contributed by atoms with Crippen LogP contribution in [0.15, 0.2) is 12.4 Å². The van der Waals surface area contributed by atoms with Crippen LogP contribution in [0.3, 0.4) is 0 Å². The van der Waals surface area contributed by atoms with E-state index in [4.69, 9.17) is 0 Å². The van der Waals surface area contributed by atoms with E-state index < -0.39 is 0 Å². The molecule has 0 bridgehead atoms. The zero-order valence-corrected chi connectivity index (χ0v) is 13.8. The van der Waals surface area contributed by atoms with Crippen molar-refractivity contribution in [2.24, 2.45) is 0 Å². The van der Waals surface area contributed by atoms with Gasteiger partial charge in [0.05, 0.1) is 5.56 Å². The molecular weight excluding hydrogens is 276 g/mol. The molecule has 1 aliphatic carbocycles. The molecule has 0 aliphatic heterocycles. The topological polar surface area (TPSA) is 58.1 Å². The molecule has 1 fully saturated rings. The van der Waals surface area contributed by atoms with Crippen LogP contribution in [0.5, 0.6) is 0 Å². The SMILES string of the molecule is CCCCN(C)c1ncc(C(=O)NC2CCCCCC2)cn1. The lowest BCUT2D eigenvalue weighted by atomic mass is 10.1. The molecule has 1 N–H and O–H groups in total. The number of hydrogen-bond acceptors (Lipinski definition) is 4. The number of amides is 1. The first-order valence-electron chi connectivity index (χ1n) is 8.54. The lowest BCUT2D eigenvalue weighted by Crippen LogP contribution is -2.34. The predicted molar refractivity (Wildman–Crippen MR) is 89.2 cm³/mol. The highest BCUT2D eigenvalue weighted by molar-refractivity contribution is 5.93. The Morgan fingerprint density at radius 2 is 1.86 bits per heavy atom. The summed E-state index contributed by atoms with van der Waals surface area (Å²) in [6, 6.07) is 0.307. The summed E-state index contributed by atoms with van der Waals surface area (Å²) in [6.45, 7) is 3.10. The molecule has 1 aromatic heterocycles. The molecule has 1 aliphatic rings. The fourth-order valence-corrected chi connectivity index (χ4v) is 2.82. The number of carbonyl (C=O) groups is 1. The van der Waals surface area contributed by atoms with Gasteiger partial charge in [-0.2, -0.15) is 0 Å². The van der Waals surface area contributed by atoms with Crippen LogP contribution < -0.4 is 10.2 Å². The predicted octanol–water partition coefficient (Wildman–Crippen LogP) is 3.17. The maximum atomic E-state index is 12.3. The van der Waals surface area contributed by atoms with Crippen molar-refractivity contribution in [2.75, 3.05) is 18.5 Å². The van der Waals surface area contributed by atoms with Crippen LogP contribution in [0.25, 0.3) is 0 Å². The van der Waals surface area contributed by atoms with Crippen LogP contribution in [0.1, 0.15) is 68.6 Å².